The normalized spacial score (nSPS) is 22.0. The van der Waals surface area contributed by atoms with Gasteiger partial charge in [0, 0.05) is 11.5 Å². The molecule has 0 aromatic heterocycles. The Hall–Kier alpha value is -2.49. The zero-order valence-corrected chi connectivity index (χ0v) is 12.9. The lowest BCUT2D eigenvalue weighted by molar-refractivity contribution is -0.143. The molecule has 1 aliphatic carbocycles. The molecule has 0 unspecified atom stereocenters. The molecule has 2 aromatic rings. The summed E-state index contributed by atoms with van der Waals surface area (Å²) in [6.45, 7) is 0. The molecule has 4 heteroatoms. The maximum atomic E-state index is 11.7. The second-order valence-corrected chi connectivity index (χ2v) is 6.01. The van der Waals surface area contributed by atoms with E-state index in [4.69, 9.17) is 5.41 Å². The quantitative estimate of drug-likeness (QED) is 0.658. The number of carboxylic acids is 1. The van der Waals surface area contributed by atoms with E-state index in [2.05, 4.69) is 4.99 Å². The van der Waals surface area contributed by atoms with E-state index >= 15 is 0 Å². The summed E-state index contributed by atoms with van der Waals surface area (Å²) in [6.07, 6.45) is 4.48. The Morgan fingerprint density at radius 3 is 2.52 bits per heavy atom. The second-order valence-electron chi connectivity index (χ2n) is 6.01. The predicted octanol–water partition coefficient (Wildman–Crippen LogP) is 4.13. The van der Waals surface area contributed by atoms with Crippen molar-refractivity contribution in [1.29, 1.82) is 5.41 Å². The Morgan fingerprint density at radius 1 is 1.09 bits per heavy atom. The van der Waals surface area contributed by atoms with Crippen LogP contribution in [0.15, 0.2) is 47.5 Å². The average molecular weight is 308 g/mol. The largest absolute Gasteiger partial charge is 0.481 e. The number of nitrogens with zero attached hydrogens (tertiary/aromatic N) is 1. The lowest BCUT2D eigenvalue weighted by atomic mass is 9.74. The van der Waals surface area contributed by atoms with Crippen molar-refractivity contribution in [2.75, 3.05) is 0 Å². The van der Waals surface area contributed by atoms with Crippen LogP contribution in [0.1, 0.15) is 31.2 Å². The van der Waals surface area contributed by atoms with Gasteiger partial charge in [-0.05, 0) is 23.6 Å². The first kappa shape index (κ1) is 15.4. The van der Waals surface area contributed by atoms with E-state index in [0.717, 1.165) is 47.6 Å². The lowest BCUT2D eigenvalue weighted by Crippen LogP contribution is -2.33. The molecule has 0 bridgehead atoms. The fourth-order valence-corrected chi connectivity index (χ4v) is 3.64. The average Bonchev–Trinajstić information content (AvgIpc) is 2.59. The van der Waals surface area contributed by atoms with Gasteiger partial charge in [0.05, 0.1) is 11.6 Å². The maximum absolute atomic E-state index is 11.7. The molecule has 2 atom stereocenters. The highest BCUT2D eigenvalue weighted by atomic mass is 16.4. The number of aliphatic carboxylic acids is 1. The van der Waals surface area contributed by atoms with Gasteiger partial charge in [0.15, 0.2) is 0 Å². The Bertz CT molecular complexity index is 762. The predicted molar refractivity (Wildman–Crippen MR) is 92.4 cm³/mol. The molecule has 2 aromatic carbocycles. The van der Waals surface area contributed by atoms with Gasteiger partial charge in [0.25, 0.3) is 0 Å². The molecule has 4 nitrogen and oxygen atoms in total. The minimum atomic E-state index is -0.757. The summed E-state index contributed by atoms with van der Waals surface area (Å²) in [7, 11) is 0. The molecule has 0 saturated heterocycles. The molecule has 0 radical (unpaired) electrons. The third-order valence-corrected chi connectivity index (χ3v) is 4.70. The van der Waals surface area contributed by atoms with Crippen LogP contribution in [0, 0.1) is 17.2 Å². The van der Waals surface area contributed by atoms with Gasteiger partial charge in [0.1, 0.15) is 6.34 Å². The van der Waals surface area contributed by atoms with Crippen LogP contribution in [0.3, 0.4) is 0 Å². The number of hydrogen-bond acceptors (Lipinski definition) is 2. The van der Waals surface area contributed by atoms with Crippen LogP contribution in [0.2, 0.25) is 0 Å². The van der Waals surface area contributed by atoms with Crippen LogP contribution >= 0.6 is 0 Å². The minimum absolute atomic E-state index is 0.131. The molecule has 1 saturated carbocycles. The number of aliphatic imine (C=N–C) groups is 1. The molecule has 23 heavy (non-hydrogen) atoms. The van der Waals surface area contributed by atoms with Crippen molar-refractivity contribution >= 4 is 28.8 Å². The van der Waals surface area contributed by atoms with Gasteiger partial charge in [-0.25, -0.2) is 4.99 Å². The van der Waals surface area contributed by atoms with Crippen LogP contribution < -0.4 is 0 Å². The monoisotopic (exact) mass is 308 g/mol. The van der Waals surface area contributed by atoms with E-state index < -0.39 is 11.9 Å². The van der Waals surface area contributed by atoms with E-state index in [0.29, 0.717) is 6.42 Å². The summed E-state index contributed by atoms with van der Waals surface area (Å²) in [5.41, 5.74) is 1.69. The first-order valence-corrected chi connectivity index (χ1v) is 8.00. The molecule has 3 rings (SSSR count). The first-order chi connectivity index (χ1) is 11.2. The van der Waals surface area contributed by atoms with Crippen molar-refractivity contribution in [2.45, 2.75) is 25.7 Å². The zero-order chi connectivity index (χ0) is 16.2. The van der Waals surface area contributed by atoms with E-state index in [1.165, 1.54) is 0 Å². The second kappa shape index (κ2) is 6.73. The maximum Gasteiger partial charge on any atom is 0.307 e. The van der Waals surface area contributed by atoms with Crippen LogP contribution in [-0.2, 0) is 4.79 Å². The summed E-state index contributed by atoms with van der Waals surface area (Å²) >= 11 is 0. The zero-order valence-electron chi connectivity index (χ0n) is 12.9. The van der Waals surface area contributed by atoms with Gasteiger partial charge in [-0.3, -0.25) is 10.2 Å². The van der Waals surface area contributed by atoms with E-state index in [1.807, 2.05) is 42.5 Å². The van der Waals surface area contributed by atoms with Gasteiger partial charge >= 0.3 is 5.97 Å². The molecule has 118 valence electrons. The number of benzene rings is 2. The Kier molecular flexibility index (Phi) is 4.51. The number of fused-ring (bicyclic) bond motifs is 1. The van der Waals surface area contributed by atoms with E-state index in [9.17, 15) is 9.90 Å². The number of hydrogen-bond donors (Lipinski definition) is 2. The van der Waals surface area contributed by atoms with Crippen molar-refractivity contribution in [3.8, 4) is 0 Å². The van der Waals surface area contributed by atoms with Gasteiger partial charge in [-0.2, -0.15) is 0 Å². The molecule has 0 amide bonds. The van der Waals surface area contributed by atoms with Gasteiger partial charge in [-0.1, -0.05) is 55.3 Å². The highest BCUT2D eigenvalue weighted by Crippen LogP contribution is 2.34. The van der Waals surface area contributed by atoms with Crippen molar-refractivity contribution in [3.05, 3.63) is 48.0 Å². The van der Waals surface area contributed by atoms with Crippen molar-refractivity contribution in [3.63, 3.8) is 0 Å². The first-order valence-electron chi connectivity index (χ1n) is 8.00. The number of rotatable bonds is 4. The van der Waals surface area contributed by atoms with E-state index in [1.54, 1.807) is 0 Å². The summed E-state index contributed by atoms with van der Waals surface area (Å²) < 4.78 is 0. The molecule has 0 aliphatic heterocycles. The summed E-state index contributed by atoms with van der Waals surface area (Å²) in [6, 6.07) is 14.0. The number of carboxylic acid groups (broad SMARTS) is 1. The molecule has 0 spiro atoms. The standard InChI is InChI=1S/C19H20N2O2/c20-12-21-18(16-9-3-4-10-17(16)19(22)23)15-11-5-7-13-6-1-2-8-14(13)15/h1-2,5-8,11-12,16-17,20H,3-4,9-10H2,(H,22,23)/t16-,17-/m0/s1. The summed E-state index contributed by atoms with van der Waals surface area (Å²) in [4.78, 5) is 16.0. The van der Waals surface area contributed by atoms with Crippen LogP contribution in [0.25, 0.3) is 10.8 Å². The Balaban J connectivity index is 2.13. The number of carbonyl (C=O) groups is 1. The molecule has 1 aliphatic rings. The molecule has 1 fully saturated rings. The van der Waals surface area contributed by atoms with Gasteiger partial charge in [-0.15, -0.1) is 0 Å². The minimum Gasteiger partial charge on any atom is -0.481 e. The van der Waals surface area contributed by atoms with Gasteiger partial charge < -0.3 is 5.11 Å². The highest BCUT2D eigenvalue weighted by molar-refractivity contribution is 6.14. The fourth-order valence-electron chi connectivity index (χ4n) is 3.64. The van der Waals surface area contributed by atoms with Crippen molar-refractivity contribution in [2.24, 2.45) is 16.8 Å². The topological polar surface area (TPSA) is 73.5 Å². The fraction of sp³-hybridized carbons (Fsp3) is 0.316. The summed E-state index contributed by atoms with van der Waals surface area (Å²) in [5, 5.41) is 19.2. The lowest BCUT2D eigenvalue weighted by Gasteiger charge is -2.30. The molecule has 2 N–H and O–H groups in total. The molecular formula is C19H20N2O2. The smallest absolute Gasteiger partial charge is 0.307 e. The van der Waals surface area contributed by atoms with Crippen molar-refractivity contribution < 1.29 is 9.90 Å². The molecular weight excluding hydrogens is 288 g/mol. The van der Waals surface area contributed by atoms with Crippen molar-refractivity contribution in [1.82, 2.24) is 0 Å². The Morgan fingerprint density at radius 2 is 1.78 bits per heavy atom. The summed E-state index contributed by atoms with van der Waals surface area (Å²) in [5.74, 6) is -1.30. The third-order valence-electron chi connectivity index (χ3n) is 4.70. The van der Waals surface area contributed by atoms with Crippen LogP contribution in [-0.4, -0.2) is 23.1 Å². The molecule has 0 heterocycles. The van der Waals surface area contributed by atoms with E-state index in [-0.39, 0.29) is 5.92 Å². The number of nitrogens with one attached hydrogen (secondary N) is 1. The van der Waals surface area contributed by atoms with Crippen LogP contribution in [0.5, 0.6) is 0 Å². The van der Waals surface area contributed by atoms with Gasteiger partial charge in [0.2, 0.25) is 0 Å². The third kappa shape index (κ3) is 3.02. The van der Waals surface area contributed by atoms with Crippen LogP contribution in [0.4, 0.5) is 0 Å². The highest BCUT2D eigenvalue weighted by Gasteiger charge is 2.35. The SMILES string of the molecule is N=CN=C(c1cccc2ccccc12)[C@H]1CCCC[C@@H]1C(=O)O. The Labute approximate surface area is 135 Å².